The Morgan fingerprint density at radius 1 is 1.80 bits per heavy atom. The Balaban J connectivity index is 2.53. The zero-order valence-electron chi connectivity index (χ0n) is 5.75. The van der Waals surface area contributed by atoms with E-state index in [1.54, 1.807) is 0 Å². The first-order chi connectivity index (χ1) is 4.56. The highest BCUT2D eigenvalue weighted by atomic mass is 19.1. The molecule has 0 aromatic heterocycles. The predicted molar refractivity (Wildman–Crippen MR) is 32.1 cm³/mol. The lowest BCUT2D eigenvalue weighted by Crippen LogP contribution is -2.28. The van der Waals surface area contributed by atoms with Crippen molar-refractivity contribution in [1.82, 2.24) is 0 Å². The predicted octanol–water partition coefficient (Wildman–Crippen LogP) is -0.186. The standard InChI is InChI=1S/C6H11FO3/c1-6(7)2-4(3-8)10-5(6)9/h4-5,8-9H,2-3H2,1H3/t4-,5?,6+/m0/s1. The molecule has 4 heteroatoms. The molecule has 1 fully saturated rings. The van der Waals surface area contributed by atoms with E-state index in [2.05, 4.69) is 4.74 Å². The highest BCUT2D eigenvalue weighted by molar-refractivity contribution is 4.87. The quantitative estimate of drug-likeness (QED) is 0.545. The topological polar surface area (TPSA) is 49.7 Å². The van der Waals surface area contributed by atoms with Gasteiger partial charge in [-0.2, -0.15) is 0 Å². The van der Waals surface area contributed by atoms with Crippen LogP contribution in [0.3, 0.4) is 0 Å². The molecule has 3 atom stereocenters. The SMILES string of the molecule is C[C@@]1(F)C[C@@H](CO)OC1O. The van der Waals surface area contributed by atoms with Crippen molar-refractivity contribution in [1.29, 1.82) is 0 Å². The number of hydrogen-bond acceptors (Lipinski definition) is 3. The molecule has 0 amide bonds. The second-order valence-corrected chi connectivity index (χ2v) is 2.78. The Morgan fingerprint density at radius 2 is 2.40 bits per heavy atom. The molecule has 0 bridgehead atoms. The summed E-state index contributed by atoms with van der Waals surface area (Å²) < 4.78 is 17.6. The number of halogens is 1. The summed E-state index contributed by atoms with van der Waals surface area (Å²) in [6, 6.07) is 0. The Morgan fingerprint density at radius 3 is 2.60 bits per heavy atom. The molecule has 1 heterocycles. The van der Waals surface area contributed by atoms with Crippen LogP contribution >= 0.6 is 0 Å². The first-order valence-corrected chi connectivity index (χ1v) is 3.19. The van der Waals surface area contributed by atoms with Crippen molar-refractivity contribution in [3.8, 4) is 0 Å². The summed E-state index contributed by atoms with van der Waals surface area (Å²) in [4.78, 5) is 0. The van der Waals surface area contributed by atoms with E-state index < -0.39 is 18.1 Å². The van der Waals surface area contributed by atoms with E-state index in [0.717, 1.165) is 0 Å². The van der Waals surface area contributed by atoms with Crippen molar-refractivity contribution in [2.24, 2.45) is 0 Å². The maximum absolute atomic E-state index is 13.0. The van der Waals surface area contributed by atoms with Gasteiger partial charge < -0.3 is 14.9 Å². The van der Waals surface area contributed by atoms with Gasteiger partial charge in [-0.05, 0) is 6.92 Å². The lowest BCUT2D eigenvalue weighted by Gasteiger charge is -2.14. The Bertz CT molecular complexity index is 126. The van der Waals surface area contributed by atoms with Crippen LogP contribution < -0.4 is 0 Å². The molecule has 0 aromatic carbocycles. The molecule has 0 spiro atoms. The largest absolute Gasteiger partial charge is 0.394 e. The van der Waals surface area contributed by atoms with Crippen molar-refractivity contribution in [2.45, 2.75) is 31.4 Å². The molecule has 1 aliphatic heterocycles. The van der Waals surface area contributed by atoms with E-state index in [1.807, 2.05) is 0 Å². The molecule has 1 unspecified atom stereocenters. The zero-order valence-corrected chi connectivity index (χ0v) is 5.75. The summed E-state index contributed by atoms with van der Waals surface area (Å²) in [5, 5.41) is 17.4. The van der Waals surface area contributed by atoms with Crippen LogP contribution in [0.5, 0.6) is 0 Å². The van der Waals surface area contributed by atoms with Gasteiger partial charge in [0.05, 0.1) is 12.7 Å². The van der Waals surface area contributed by atoms with Gasteiger partial charge in [0.15, 0.2) is 12.0 Å². The van der Waals surface area contributed by atoms with E-state index >= 15 is 0 Å². The lowest BCUT2D eigenvalue weighted by molar-refractivity contribution is -0.143. The summed E-state index contributed by atoms with van der Waals surface area (Å²) >= 11 is 0. The van der Waals surface area contributed by atoms with Gasteiger partial charge in [0.25, 0.3) is 0 Å². The molecular weight excluding hydrogens is 139 g/mol. The minimum absolute atomic E-state index is 0.0602. The first kappa shape index (κ1) is 7.91. The second kappa shape index (κ2) is 2.45. The van der Waals surface area contributed by atoms with Crippen molar-refractivity contribution in [3.05, 3.63) is 0 Å². The van der Waals surface area contributed by atoms with Crippen molar-refractivity contribution in [3.63, 3.8) is 0 Å². The number of aliphatic hydroxyl groups excluding tert-OH is 2. The number of ether oxygens (including phenoxy) is 1. The zero-order chi connectivity index (χ0) is 7.78. The van der Waals surface area contributed by atoms with Gasteiger partial charge in [0.1, 0.15) is 0 Å². The highest BCUT2D eigenvalue weighted by Crippen LogP contribution is 2.31. The summed E-state index contributed by atoms with van der Waals surface area (Å²) in [5.41, 5.74) is -1.70. The molecule has 1 saturated heterocycles. The number of alkyl halides is 1. The van der Waals surface area contributed by atoms with E-state index in [0.29, 0.717) is 0 Å². The van der Waals surface area contributed by atoms with Crippen LogP contribution in [0.25, 0.3) is 0 Å². The average Bonchev–Trinajstić information content (AvgIpc) is 2.08. The molecule has 10 heavy (non-hydrogen) atoms. The summed E-state index contributed by atoms with van der Waals surface area (Å²) in [5.74, 6) is 0. The second-order valence-electron chi connectivity index (χ2n) is 2.78. The third-order valence-corrected chi connectivity index (χ3v) is 1.67. The van der Waals surface area contributed by atoms with Gasteiger partial charge >= 0.3 is 0 Å². The van der Waals surface area contributed by atoms with Crippen molar-refractivity contribution >= 4 is 0 Å². The fourth-order valence-corrected chi connectivity index (χ4v) is 1.03. The highest BCUT2D eigenvalue weighted by Gasteiger charge is 2.44. The van der Waals surface area contributed by atoms with E-state index in [4.69, 9.17) is 10.2 Å². The van der Waals surface area contributed by atoms with Gasteiger partial charge in [-0.15, -0.1) is 0 Å². The number of aliphatic hydroxyl groups is 2. The smallest absolute Gasteiger partial charge is 0.189 e. The molecule has 0 aromatic rings. The minimum Gasteiger partial charge on any atom is -0.394 e. The molecule has 3 nitrogen and oxygen atoms in total. The van der Waals surface area contributed by atoms with Gasteiger partial charge in [-0.25, -0.2) is 4.39 Å². The van der Waals surface area contributed by atoms with Crippen molar-refractivity contribution in [2.75, 3.05) is 6.61 Å². The van der Waals surface area contributed by atoms with Crippen LogP contribution in [0.4, 0.5) is 4.39 Å². The van der Waals surface area contributed by atoms with Gasteiger partial charge in [0.2, 0.25) is 0 Å². The summed E-state index contributed by atoms with van der Waals surface area (Å²) in [6.07, 6.45) is -1.88. The van der Waals surface area contributed by atoms with Crippen molar-refractivity contribution < 1.29 is 19.3 Å². The molecule has 60 valence electrons. The number of hydrogen-bond donors (Lipinski definition) is 2. The van der Waals surface area contributed by atoms with Gasteiger partial charge in [-0.1, -0.05) is 0 Å². The summed E-state index contributed by atoms with van der Waals surface area (Å²) in [6.45, 7) is 1.02. The van der Waals surface area contributed by atoms with E-state index in [9.17, 15) is 4.39 Å². The molecule has 1 rings (SSSR count). The maximum Gasteiger partial charge on any atom is 0.189 e. The Kier molecular flexibility index (Phi) is 1.94. The summed E-state index contributed by atoms with van der Waals surface area (Å²) in [7, 11) is 0. The first-order valence-electron chi connectivity index (χ1n) is 3.19. The van der Waals surface area contributed by atoms with Crippen LogP contribution in [0, 0.1) is 0 Å². The van der Waals surface area contributed by atoms with Crippen LogP contribution in [-0.4, -0.2) is 34.9 Å². The lowest BCUT2D eigenvalue weighted by atomic mass is 10.0. The van der Waals surface area contributed by atoms with Crippen LogP contribution in [0.15, 0.2) is 0 Å². The molecule has 0 saturated carbocycles. The molecule has 0 radical (unpaired) electrons. The van der Waals surface area contributed by atoms with E-state index in [-0.39, 0.29) is 13.0 Å². The van der Waals surface area contributed by atoms with Gasteiger partial charge in [-0.3, -0.25) is 0 Å². The maximum atomic E-state index is 13.0. The van der Waals surface area contributed by atoms with Crippen LogP contribution in [0.1, 0.15) is 13.3 Å². The third kappa shape index (κ3) is 1.28. The van der Waals surface area contributed by atoms with E-state index in [1.165, 1.54) is 6.92 Å². The Hall–Kier alpha value is -0.190. The monoisotopic (exact) mass is 150 g/mol. The average molecular weight is 150 g/mol. The third-order valence-electron chi connectivity index (χ3n) is 1.67. The van der Waals surface area contributed by atoms with Crippen LogP contribution in [0.2, 0.25) is 0 Å². The fraction of sp³-hybridized carbons (Fsp3) is 1.00. The number of rotatable bonds is 1. The Labute approximate surface area is 58.4 Å². The van der Waals surface area contributed by atoms with Gasteiger partial charge in [0, 0.05) is 6.42 Å². The van der Waals surface area contributed by atoms with Crippen LogP contribution in [-0.2, 0) is 4.74 Å². The molecule has 1 aliphatic rings. The normalized spacial score (nSPS) is 48.0. The minimum atomic E-state index is -1.70. The molecule has 2 N–H and O–H groups in total. The molecular formula is C6H11FO3. The fourth-order valence-electron chi connectivity index (χ4n) is 1.03. The molecule has 0 aliphatic carbocycles.